The van der Waals surface area contributed by atoms with E-state index in [-0.39, 0.29) is 31.1 Å². The van der Waals surface area contributed by atoms with Crippen LogP contribution in [0.5, 0.6) is 0 Å². The molecule has 0 aliphatic heterocycles. The van der Waals surface area contributed by atoms with Crippen molar-refractivity contribution in [2.45, 2.75) is 259 Å². The molecule has 0 radical (unpaired) electrons. The van der Waals surface area contributed by atoms with E-state index in [1.807, 2.05) is 0 Å². The molecule has 0 saturated heterocycles. The molecule has 0 aromatic heterocycles. The molecule has 0 N–H and O–H groups in total. The average Bonchev–Trinajstić information content (AvgIpc) is 3.12. The topological polar surface area (TPSA) is 78.9 Å². The first-order chi connectivity index (χ1) is 25.7. The predicted molar refractivity (Wildman–Crippen MR) is 224 cm³/mol. The largest absolute Gasteiger partial charge is 0.462 e. The molecule has 0 aromatic rings. The van der Waals surface area contributed by atoms with Crippen LogP contribution in [-0.4, -0.2) is 37.2 Å². The number of esters is 3. The van der Waals surface area contributed by atoms with Gasteiger partial charge >= 0.3 is 17.9 Å². The lowest BCUT2D eigenvalue weighted by Gasteiger charge is -2.18. The van der Waals surface area contributed by atoms with Gasteiger partial charge in [-0.1, -0.05) is 214 Å². The second kappa shape index (κ2) is 40.1. The second-order valence-corrected chi connectivity index (χ2v) is 17.0. The minimum Gasteiger partial charge on any atom is -0.462 e. The number of hydrogen-bond acceptors (Lipinski definition) is 6. The lowest BCUT2D eigenvalue weighted by atomic mass is 10.0. The van der Waals surface area contributed by atoms with E-state index < -0.39 is 6.10 Å². The highest BCUT2D eigenvalue weighted by atomic mass is 16.6. The first-order valence-corrected chi connectivity index (χ1v) is 23.2. The van der Waals surface area contributed by atoms with Gasteiger partial charge in [-0.3, -0.25) is 14.4 Å². The number of rotatable bonds is 41. The van der Waals surface area contributed by atoms with Crippen LogP contribution in [0.4, 0.5) is 0 Å². The Morgan fingerprint density at radius 2 is 0.623 bits per heavy atom. The molecule has 0 unspecified atom stereocenters. The van der Waals surface area contributed by atoms with Gasteiger partial charge in [-0.15, -0.1) is 0 Å². The molecular weight excluding hydrogens is 661 g/mol. The summed E-state index contributed by atoms with van der Waals surface area (Å²) in [4.78, 5) is 37.6. The Balaban J connectivity index is 4.26. The van der Waals surface area contributed by atoms with Crippen molar-refractivity contribution in [2.75, 3.05) is 13.2 Å². The first-order valence-electron chi connectivity index (χ1n) is 23.2. The zero-order chi connectivity index (χ0) is 39.0. The minimum absolute atomic E-state index is 0.0653. The molecular formula is C47H90O6. The van der Waals surface area contributed by atoms with Gasteiger partial charge < -0.3 is 14.2 Å². The monoisotopic (exact) mass is 751 g/mol. The highest BCUT2D eigenvalue weighted by molar-refractivity contribution is 5.71. The molecule has 0 aromatic carbocycles. The molecule has 0 aliphatic carbocycles. The fourth-order valence-corrected chi connectivity index (χ4v) is 6.93. The van der Waals surface area contributed by atoms with Crippen LogP contribution in [-0.2, 0) is 28.6 Å². The third-order valence-corrected chi connectivity index (χ3v) is 10.5. The third kappa shape index (κ3) is 41.4. The summed E-state index contributed by atoms with van der Waals surface area (Å²) in [5.41, 5.74) is 0. The van der Waals surface area contributed by atoms with E-state index in [4.69, 9.17) is 14.2 Å². The summed E-state index contributed by atoms with van der Waals surface area (Å²) in [6, 6.07) is 0. The number of unbranched alkanes of at least 4 members (excludes halogenated alkanes) is 26. The van der Waals surface area contributed by atoms with E-state index in [0.717, 1.165) is 69.6 Å². The SMILES string of the molecule is CCCCCCCCCCCC(=O)OC[C@@H](COC(=O)CCCCCCCCCCCCCCCC(C)C)OC(=O)CCCCCCCCCC(C)C. The summed E-state index contributed by atoms with van der Waals surface area (Å²) >= 11 is 0. The van der Waals surface area contributed by atoms with Crippen molar-refractivity contribution >= 4 is 17.9 Å². The van der Waals surface area contributed by atoms with Gasteiger partial charge in [0.15, 0.2) is 6.10 Å². The van der Waals surface area contributed by atoms with Crippen LogP contribution in [0.1, 0.15) is 253 Å². The lowest BCUT2D eigenvalue weighted by molar-refractivity contribution is -0.167. The highest BCUT2D eigenvalue weighted by Crippen LogP contribution is 2.16. The molecule has 314 valence electrons. The standard InChI is InChI=1S/C47H90O6/c1-6-7-8-9-10-16-22-27-32-37-45(48)51-40-44(53-47(50)39-34-29-24-19-21-26-31-36-43(4)5)41-52-46(49)38-33-28-23-18-15-13-11-12-14-17-20-25-30-35-42(2)3/h42-44H,6-41H2,1-5H3/t44-/m0/s1. The molecule has 0 heterocycles. The molecule has 1 atom stereocenters. The normalized spacial score (nSPS) is 12.1. The number of carbonyl (C=O) groups excluding carboxylic acids is 3. The van der Waals surface area contributed by atoms with Crippen molar-refractivity contribution < 1.29 is 28.6 Å². The Hall–Kier alpha value is -1.59. The number of carbonyl (C=O) groups is 3. The minimum atomic E-state index is -0.760. The molecule has 0 rings (SSSR count). The third-order valence-electron chi connectivity index (χ3n) is 10.5. The zero-order valence-corrected chi connectivity index (χ0v) is 36.1. The van der Waals surface area contributed by atoms with Crippen LogP contribution in [0.3, 0.4) is 0 Å². The van der Waals surface area contributed by atoms with E-state index in [0.29, 0.717) is 19.3 Å². The second-order valence-electron chi connectivity index (χ2n) is 17.0. The maximum absolute atomic E-state index is 12.7. The van der Waals surface area contributed by atoms with Crippen LogP contribution in [0.15, 0.2) is 0 Å². The maximum atomic E-state index is 12.7. The van der Waals surface area contributed by atoms with Crippen LogP contribution in [0.25, 0.3) is 0 Å². The van der Waals surface area contributed by atoms with Gasteiger partial charge in [0.2, 0.25) is 0 Å². The quantitative estimate of drug-likeness (QED) is 0.0352. The van der Waals surface area contributed by atoms with E-state index in [9.17, 15) is 14.4 Å². The smallest absolute Gasteiger partial charge is 0.306 e. The summed E-state index contributed by atoms with van der Waals surface area (Å²) in [6.45, 7) is 11.3. The van der Waals surface area contributed by atoms with Gasteiger partial charge in [-0.2, -0.15) is 0 Å². The molecule has 0 bridgehead atoms. The van der Waals surface area contributed by atoms with Crippen LogP contribution >= 0.6 is 0 Å². The van der Waals surface area contributed by atoms with Gasteiger partial charge in [0.05, 0.1) is 0 Å². The van der Waals surface area contributed by atoms with Crippen molar-refractivity contribution in [2.24, 2.45) is 11.8 Å². The van der Waals surface area contributed by atoms with E-state index >= 15 is 0 Å². The Labute approximate surface area is 329 Å². The van der Waals surface area contributed by atoms with Gasteiger partial charge in [0.1, 0.15) is 13.2 Å². The molecule has 0 amide bonds. The van der Waals surface area contributed by atoms with Crippen LogP contribution < -0.4 is 0 Å². The summed E-state index contributed by atoms with van der Waals surface area (Å²) in [7, 11) is 0. The maximum Gasteiger partial charge on any atom is 0.306 e. The van der Waals surface area contributed by atoms with Crippen LogP contribution in [0.2, 0.25) is 0 Å². The van der Waals surface area contributed by atoms with Crippen molar-refractivity contribution in [1.82, 2.24) is 0 Å². The van der Waals surface area contributed by atoms with Gasteiger partial charge in [-0.05, 0) is 31.1 Å². The molecule has 6 heteroatoms. The van der Waals surface area contributed by atoms with Crippen LogP contribution in [0, 0.1) is 11.8 Å². The molecule has 0 fully saturated rings. The molecule has 0 saturated carbocycles. The Kier molecular flexibility index (Phi) is 38.9. The Bertz CT molecular complexity index is 809. The average molecular weight is 751 g/mol. The van der Waals surface area contributed by atoms with Gasteiger partial charge in [0, 0.05) is 19.3 Å². The summed E-state index contributed by atoms with van der Waals surface area (Å²) in [6.07, 6.45) is 38.1. The Morgan fingerprint density at radius 1 is 0.358 bits per heavy atom. The molecule has 6 nitrogen and oxygen atoms in total. The van der Waals surface area contributed by atoms with Crippen molar-refractivity contribution in [3.8, 4) is 0 Å². The molecule has 0 spiro atoms. The van der Waals surface area contributed by atoms with E-state index in [1.165, 1.54) is 141 Å². The fraction of sp³-hybridized carbons (Fsp3) is 0.936. The number of hydrogen-bond donors (Lipinski definition) is 0. The highest BCUT2D eigenvalue weighted by Gasteiger charge is 2.19. The lowest BCUT2D eigenvalue weighted by Crippen LogP contribution is -2.30. The fourth-order valence-electron chi connectivity index (χ4n) is 6.93. The van der Waals surface area contributed by atoms with Crippen molar-refractivity contribution in [1.29, 1.82) is 0 Å². The van der Waals surface area contributed by atoms with Gasteiger partial charge in [-0.25, -0.2) is 0 Å². The summed E-state index contributed by atoms with van der Waals surface area (Å²) < 4.78 is 16.7. The van der Waals surface area contributed by atoms with Gasteiger partial charge in [0.25, 0.3) is 0 Å². The number of ether oxygens (including phenoxy) is 3. The zero-order valence-electron chi connectivity index (χ0n) is 36.1. The van der Waals surface area contributed by atoms with E-state index in [1.54, 1.807) is 0 Å². The first kappa shape index (κ1) is 51.4. The van der Waals surface area contributed by atoms with Crippen molar-refractivity contribution in [3.63, 3.8) is 0 Å². The molecule has 0 aliphatic rings. The van der Waals surface area contributed by atoms with Crippen molar-refractivity contribution in [3.05, 3.63) is 0 Å². The van der Waals surface area contributed by atoms with E-state index in [2.05, 4.69) is 34.6 Å². The Morgan fingerprint density at radius 3 is 0.925 bits per heavy atom. The molecule has 53 heavy (non-hydrogen) atoms. The predicted octanol–water partition coefficient (Wildman–Crippen LogP) is 14.6. The summed E-state index contributed by atoms with van der Waals surface area (Å²) in [5, 5.41) is 0. The summed E-state index contributed by atoms with van der Waals surface area (Å²) in [5.74, 6) is 0.757.